The van der Waals surface area contributed by atoms with Crippen molar-refractivity contribution in [1.29, 1.82) is 0 Å². The molecule has 0 bridgehead atoms. The predicted molar refractivity (Wildman–Crippen MR) is 130 cm³/mol. The highest BCUT2D eigenvalue weighted by Gasteiger charge is 2.11. The van der Waals surface area contributed by atoms with Crippen LogP contribution < -0.4 is 18.9 Å². The van der Waals surface area contributed by atoms with E-state index in [1.165, 1.54) is 7.11 Å². The van der Waals surface area contributed by atoms with Crippen LogP contribution in [0.4, 0.5) is 0 Å². The van der Waals surface area contributed by atoms with E-state index in [2.05, 4.69) is 13.2 Å². The zero-order valence-corrected chi connectivity index (χ0v) is 19.2. The molecule has 7 heteroatoms. The van der Waals surface area contributed by atoms with E-state index < -0.39 is 11.9 Å². The Kier molecular flexibility index (Phi) is 8.56. The molecule has 0 unspecified atom stereocenters. The zero-order chi connectivity index (χ0) is 25.2. The van der Waals surface area contributed by atoms with Crippen molar-refractivity contribution in [1.82, 2.24) is 0 Å². The van der Waals surface area contributed by atoms with Crippen LogP contribution in [0, 0.1) is 0 Å². The molecule has 0 heterocycles. The van der Waals surface area contributed by atoms with Gasteiger partial charge in [0.25, 0.3) is 0 Å². The third kappa shape index (κ3) is 7.17. The lowest BCUT2D eigenvalue weighted by Gasteiger charge is -2.11. The summed E-state index contributed by atoms with van der Waals surface area (Å²) in [6.07, 6.45) is 2.84. The smallest absolute Gasteiger partial charge is 0.335 e. The SMILES string of the molecule is C=CC(=O)Oc1ccc(CCC(=O)Oc2ccc(-c3ccc(OC(=O)C=C)c(OC)c3)cc2)cc1. The molecule has 0 aliphatic carbocycles. The van der Waals surface area contributed by atoms with Crippen molar-refractivity contribution in [2.24, 2.45) is 0 Å². The van der Waals surface area contributed by atoms with E-state index in [-0.39, 0.29) is 12.4 Å². The summed E-state index contributed by atoms with van der Waals surface area (Å²) < 4.78 is 20.9. The van der Waals surface area contributed by atoms with Crippen LogP contribution in [0.1, 0.15) is 12.0 Å². The lowest BCUT2D eigenvalue weighted by atomic mass is 10.0. The van der Waals surface area contributed by atoms with Gasteiger partial charge in [-0.25, -0.2) is 9.59 Å². The van der Waals surface area contributed by atoms with E-state index in [1.54, 1.807) is 54.6 Å². The van der Waals surface area contributed by atoms with Crippen LogP contribution in [-0.2, 0) is 20.8 Å². The lowest BCUT2D eigenvalue weighted by molar-refractivity contribution is -0.134. The third-order valence-corrected chi connectivity index (χ3v) is 4.89. The number of methoxy groups -OCH3 is 1. The number of rotatable bonds is 10. The Balaban J connectivity index is 1.56. The number of ether oxygens (including phenoxy) is 4. The Bertz CT molecular complexity index is 1230. The summed E-state index contributed by atoms with van der Waals surface area (Å²) in [5.74, 6) is 0.0558. The first-order chi connectivity index (χ1) is 16.9. The number of carbonyl (C=O) groups is 3. The molecule has 35 heavy (non-hydrogen) atoms. The van der Waals surface area contributed by atoms with Crippen LogP contribution in [0.15, 0.2) is 92.0 Å². The Hall–Kier alpha value is -4.65. The average Bonchev–Trinajstić information content (AvgIpc) is 2.88. The molecule has 0 aliphatic rings. The van der Waals surface area contributed by atoms with Gasteiger partial charge in [-0.2, -0.15) is 0 Å². The minimum absolute atomic E-state index is 0.190. The molecule has 0 aromatic heterocycles. The molecule has 178 valence electrons. The molecule has 3 rings (SSSR count). The molecular weight excluding hydrogens is 448 g/mol. The summed E-state index contributed by atoms with van der Waals surface area (Å²) in [6.45, 7) is 6.73. The lowest BCUT2D eigenvalue weighted by Crippen LogP contribution is -2.09. The van der Waals surface area contributed by atoms with Crippen molar-refractivity contribution in [2.75, 3.05) is 7.11 Å². The Labute approximate surface area is 203 Å². The van der Waals surface area contributed by atoms with Gasteiger partial charge >= 0.3 is 17.9 Å². The first-order valence-corrected chi connectivity index (χ1v) is 10.7. The topological polar surface area (TPSA) is 88.1 Å². The predicted octanol–water partition coefficient (Wildman–Crippen LogP) is 5.08. The van der Waals surface area contributed by atoms with Gasteiger partial charge in [0, 0.05) is 18.6 Å². The van der Waals surface area contributed by atoms with E-state index in [9.17, 15) is 14.4 Å². The molecular formula is C28H24O7. The fourth-order valence-electron chi connectivity index (χ4n) is 3.11. The minimum atomic E-state index is -0.576. The van der Waals surface area contributed by atoms with Crippen LogP contribution in [0.2, 0.25) is 0 Å². The maximum absolute atomic E-state index is 12.3. The van der Waals surface area contributed by atoms with Crippen molar-refractivity contribution in [3.8, 4) is 34.1 Å². The number of esters is 3. The van der Waals surface area contributed by atoms with Gasteiger partial charge in [-0.05, 0) is 59.5 Å². The fourth-order valence-corrected chi connectivity index (χ4v) is 3.11. The summed E-state index contributed by atoms with van der Waals surface area (Å²) in [5, 5.41) is 0. The molecule has 3 aromatic rings. The molecule has 0 N–H and O–H groups in total. The quantitative estimate of drug-likeness (QED) is 0.231. The first kappa shape index (κ1) is 25.0. The number of carbonyl (C=O) groups excluding carboxylic acids is 3. The average molecular weight is 472 g/mol. The zero-order valence-electron chi connectivity index (χ0n) is 19.2. The standard InChI is InChI=1S/C28H24O7/c1-4-26(29)33-22-12-6-19(7-13-22)8-17-28(31)34-23-14-9-20(10-15-23)21-11-16-24(25(18-21)32-3)35-27(30)5-2/h4-7,9-16,18H,1-2,8,17H2,3H3. The van der Waals surface area contributed by atoms with Gasteiger partial charge in [0.2, 0.25) is 0 Å². The molecule has 0 saturated carbocycles. The second-order valence-corrected chi connectivity index (χ2v) is 7.26. The van der Waals surface area contributed by atoms with Gasteiger partial charge in [-0.3, -0.25) is 4.79 Å². The van der Waals surface area contributed by atoms with Crippen molar-refractivity contribution in [3.63, 3.8) is 0 Å². The Morgan fingerprint density at radius 1 is 0.714 bits per heavy atom. The maximum atomic E-state index is 12.3. The molecule has 0 fully saturated rings. The largest absolute Gasteiger partial charge is 0.493 e. The van der Waals surface area contributed by atoms with Crippen LogP contribution in [0.3, 0.4) is 0 Å². The summed E-state index contributed by atoms with van der Waals surface area (Å²) in [4.78, 5) is 34.9. The molecule has 0 radical (unpaired) electrons. The number of hydrogen-bond acceptors (Lipinski definition) is 7. The Morgan fingerprint density at radius 3 is 1.91 bits per heavy atom. The van der Waals surface area contributed by atoms with Gasteiger partial charge in [0.1, 0.15) is 11.5 Å². The normalized spacial score (nSPS) is 10.1. The summed E-state index contributed by atoms with van der Waals surface area (Å²) in [7, 11) is 1.49. The maximum Gasteiger partial charge on any atom is 0.335 e. The van der Waals surface area contributed by atoms with E-state index in [4.69, 9.17) is 18.9 Å². The van der Waals surface area contributed by atoms with Gasteiger partial charge in [-0.15, -0.1) is 0 Å². The minimum Gasteiger partial charge on any atom is -0.493 e. The van der Waals surface area contributed by atoms with E-state index >= 15 is 0 Å². The number of aryl methyl sites for hydroxylation is 1. The second kappa shape index (κ2) is 12.0. The molecule has 0 aliphatic heterocycles. The van der Waals surface area contributed by atoms with Crippen molar-refractivity contribution in [3.05, 3.63) is 97.6 Å². The summed E-state index contributed by atoms with van der Waals surface area (Å²) in [5.41, 5.74) is 2.61. The molecule has 0 atom stereocenters. The molecule has 0 spiro atoms. The summed E-state index contributed by atoms with van der Waals surface area (Å²) in [6, 6.07) is 19.1. The molecule has 3 aromatic carbocycles. The molecule has 7 nitrogen and oxygen atoms in total. The molecule has 0 saturated heterocycles. The van der Waals surface area contributed by atoms with Crippen molar-refractivity contribution >= 4 is 17.9 Å². The third-order valence-electron chi connectivity index (χ3n) is 4.89. The van der Waals surface area contributed by atoms with E-state index in [0.717, 1.165) is 28.8 Å². The van der Waals surface area contributed by atoms with Crippen LogP contribution in [-0.4, -0.2) is 25.0 Å². The highest BCUT2D eigenvalue weighted by molar-refractivity contribution is 5.84. The second-order valence-electron chi connectivity index (χ2n) is 7.26. The molecule has 0 amide bonds. The van der Waals surface area contributed by atoms with Crippen LogP contribution in [0.5, 0.6) is 23.0 Å². The Morgan fingerprint density at radius 2 is 1.29 bits per heavy atom. The number of benzene rings is 3. The monoisotopic (exact) mass is 472 g/mol. The van der Waals surface area contributed by atoms with Gasteiger partial charge in [0.05, 0.1) is 7.11 Å². The van der Waals surface area contributed by atoms with Crippen molar-refractivity contribution < 1.29 is 33.3 Å². The fraction of sp³-hybridized carbons (Fsp3) is 0.107. The van der Waals surface area contributed by atoms with Gasteiger partial charge in [-0.1, -0.05) is 43.5 Å². The van der Waals surface area contributed by atoms with Gasteiger partial charge < -0.3 is 18.9 Å². The van der Waals surface area contributed by atoms with Crippen LogP contribution in [0.25, 0.3) is 11.1 Å². The van der Waals surface area contributed by atoms with Gasteiger partial charge in [0.15, 0.2) is 11.5 Å². The summed E-state index contributed by atoms with van der Waals surface area (Å²) >= 11 is 0. The van der Waals surface area contributed by atoms with E-state index in [1.807, 2.05) is 12.1 Å². The first-order valence-electron chi connectivity index (χ1n) is 10.7. The highest BCUT2D eigenvalue weighted by Crippen LogP contribution is 2.33. The highest BCUT2D eigenvalue weighted by atomic mass is 16.6. The van der Waals surface area contributed by atoms with Crippen molar-refractivity contribution in [2.45, 2.75) is 12.8 Å². The number of hydrogen-bond donors (Lipinski definition) is 0. The van der Waals surface area contributed by atoms with E-state index in [0.29, 0.717) is 29.4 Å². The van der Waals surface area contributed by atoms with Crippen LogP contribution >= 0.6 is 0 Å².